The Morgan fingerprint density at radius 3 is 1.90 bits per heavy atom. The lowest BCUT2D eigenvalue weighted by Gasteiger charge is -2.12. The summed E-state index contributed by atoms with van der Waals surface area (Å²) in [6, 6.07) is 34.1. The van der Waals surface area contributed by atoms with Crippen LogP contribution in [0.2, 0.25) is 0 Å². The van der Waals surface area contributed by atoms with Gasteiger partial charge in [-0.25, -0.2) is 0 Å². The number of anilines is 1. The molecule has 1 heterocycles. The Bertz CT molecular complexity index is 1260. The summed E-state index contributed by atoms with van der Waals surface area (Å²) in [5.74, 6) is 1.19. The first kappa shape index (κ1) is 18.9. The van der Waals surface area contributed by atoms with Crippen molar-refractivity contribution < 1.29 is 9.53 Å². The summed E-state index contributed by atoms with van der Waals surface area (Å²) in [5.41, 5.74) is 6.04. The van der Waals surface area contributed by atoms with Crippen molar-refractivity contribution in [2.75, 3.05) is 11.9 Å². The lowest BCUT2D eigenvalue weighted by molar-refractivity contribution is 0.104. The number of carbonyl (C=O) groups is 1. The van der Waals surface area contributed by atoms with Gasteiger partial charge in [-0.05, 0) is 34.4 Å². The molecule has 0 aliphatic carbocycles. The number of benzene rings is 4. The Hall–Kier alpha value is -4.11. The molecule has 150 valence electrons. The monoisotopic (exact) mass is 403 g/mol. The number of fused-ring (bicyclic) bond motifs is 1. The largest absolute Gasteiger partial charge is 0.438 e. The van der Waals surface area contributed by atoms with Crippen molar-refractivity contribution in [3.63, 3.8) is 0 Å². The van der Waals surface area contributed by atoms with Gasteiger partial charge in [-0.3, -0.25) is 4.79 Å². The molecular weight excluding hydrogens is 382 g/mol. The van der Waals surface area contributed by atoms with Crippen molar-refractivity contribution in [3.8, 4) is 28.0 Å². The van der Waals surface area contributed by atoms with Gasteiger partial charge < -0.3 is 9.64 Å². The molecule has 0 amide bonds. The van der Waals surface area contributed by atoms with E-state index in [0.717, 1.165) is 33.7 Å². The van der Waals surface area contributed by atoms with Crippen molar-refractivity contribution in [2.45, 2.75) is 0 Å². The third-order valence-corrected chi connectivity index (χ3v) is 5.50. The van der Waals surface area contributed by atoms with Crippen LogP contribution in [0.1, 0.15) is 10.4 Å². The second-order valence-corrected chi connectivity index (χ2v) is 7.50. The fourth-order valence-corrected chi connectivity index (χ4v) is 3.76. The van der Waals surface area contributed by atoms with E-state index in [-0.39, 0.29) is 5.78 Å². The molecule has 31 heavy (non-hydrogen) atoms. The Balaban J connectivity index is 1.37. The van der Waals surface area contributed by atoms with Crippen LogP contribution >= 0.6 is 0 Å². The molecule has 3 nitrogen and oxygen atoms in total. The SMILES string of the molecule is CN1C(=CC(=O)c2ccc(-c3ccccc3)cc2)Oc2ccc(-c3ccccc3)cc21. The first-order valence-corrected chi connectivity index (χ1v) is 10.2. The summed E-state index contributed by atoms with van der Waals surface area (Å²) < 4.78 is 5.96. The molecule has 0 bridgehead atoms. The molecule has 4 aromatic carbocycles. The van der Waals surface area contributed by atoms with E-state index in [2.05, 4.69) is 30.3 Å². The minimum absolute atomic E-state index is 0.0856. The standard InChI is InChI=1S/C28H21NO2/c1-29-25-18-24(21-10-6-3-7-11-21)16-17-27(25)31-28(29)19-26(30)23-14-12-22(13-15-23)20-8-4-2-5-9-20/h2-19H,1H3. The van der Waals surface area contributed by atoms with Gasteiger partial charge in [0.15, 0.2) is 11.5 Å². The third kappa shape index (κ3) is 3.74. The van der Waals surface area contributed by atoms with Gasteiger partial charge in [0.1, 0.15) is 0 Å². The average molecular weight is 403 g/mol. The van der Waals surface area contributed by atoms with E-state index in [1.54, 1.807) is 6.08 Å². The number of allylic oxidation sites excluding steroid dienone is 1. The fraction of sp³-hybridized carbons (Fsp3) is 0.0357. The van der Waals surface area contributed by atoms with E-state index in [0.29, 0.717) is 11.4 Å². The lowest BCUT2D eigenvalue weighted by atomic mass is 10.0. The second kappa shape index (κ2) is 7.96. The van der Waals surface area contributed by atoms with E-state index in [1.165, 1.54) is 0 Å². The van der Waals surface area contributed by atoms with E-state index in [9.17, 15) is 4.79 Å². The van der Waals surface area contributed by atoms with Gasteiger partial charge in [0.2, 0.25) is 5.88 Å². The third-order valence-electron chi connectivity index (χ3n) is 5.50. The van der Waals surface area contributed by atoms with Crippen molar-refractivity contribution in [1.82, 2.24) is 0 Å². The molecule has 0 fully saturated rings. The molecule has 0 saturated heterocycles. The van der Waals surface area contributed by atoms with Crippen molar-refractivity contribution in [3.05, 3.63) is 121 Å². The molecule has 0 unspecified atom stereocenters. The van der Waals surface area contributed by atoms with Crippen LogP contribution in [0.15, 0.2) is 115 Å². The molecule has 0 aromatic heterocycles. The number of ether oxygens (including phenoxy) is 1. The van der Waals surface area contributed by atoms with Crippen LogP contribution in [0.5, 0.6) is 5.75 Å². The minimum atomic E-state index is -0.0856. The summed E-state index contributed by atoms with van der Waals surface area (Å²) in [6.45, 7) is 0. The topological polar surface area (TPSA) is 29.5 Å². The molecular formula is C28H21NO2. The Labute approximate surface area is 181 Å². The first-order chi connectivity index (χ1) is 15.2. The molecule has 0 spiro atoms. The number of hydrogen-bond donors (Lipinski definition) is 0. The van der Waals surface area contributed by atoms with E-state index >= 15 is 0 Å². The molecule has 1 aliphatic heterocycles. The number of hydrogen-bond acceptors (Lipinski definition) is 3. The summed E-state index contributed by atoms with van der Waals surface area (Å²) in [7, 11) is 1.91. The van der Waals surface area contributed by atoms with Gasteiger partial charge >= 0.3 is 0 Å². The van der Waals surface area contributed by atoms with E-state index in [1.807, 2.05) is 84.7 Å². The number of rotatable bonds is 4. The summed E-state index contributed by atoms with van der Waals surface area (Å²) in [4.78, 5) is 14.8. The molecule has 4 aromatic rings. The normalized spacial score (nSPS) is 13.7. The predicted octanol–water partition coefficient (Wildman–Crippen LogP) is 6.57. The van der Waals surface area contributed by atoms with Crippen LogP contribution in [0.4, 0.5) is 5.69 Å². The highest BCUT2D eigenvalue weighted by atomic mass is 16.5. The molecule has 3 heteroatoms. The van der Waals surface area contributed by atoms with Gasteiger partial charge in [0, 0.05) is 18.7 Å². The van der Waals surface area contributed by atoms with Crippen molar-refractivity contribution >= 4 is 11.5 Å². The Morgan fingerprint density at radius 1 is 0.710 bits per heavy atom. The van der Waals surface area contributed by atoms with Crippen molar-refractivity contribution in [2.24, 2.45) is 0 Å². The molecule has 0 atom stereocenters. The summed E-state index contributed by atoms with van der Waals surface area (Å²) in [6.07, 6.45) is 1.56. The van der Waals surface area contributed by atoms with E-state index < -0.39 is 0 Å². The summed E-state index contributed by atoms with van der Waals surface area (Å²) >= 11 is 0. The van der Waals surface area contributed by atoms with E-state index in [4.69, 9.17) is 4.74 Å². The molecule has 1 aliphatic rings. The quantitative estimate of drug-likeness (QED) is 0.285. The van der Waals surface area contributed by atoms with Crippen LogP contribution in [0.3, 0.4) is 0 Å². The molecule has 0 N–H and O–H groups in total. The maximum absolute atomic E-state index is 12.9. The first-order valence-electron chi connectivity index (χ1n) is 10.2. The van der Waals surface area contributed by atoms with Crippen LogP contribution in [-0.2, 0) is 0 Å². The fourth-order valence-electron chi connectivity index (χ4n) is 3.76. The highest BCUT2D eigenvalue weighted by Gasteiger charge is 2.24. The zero-order valence-electron chi connectivity index (χ0n) is 17.2. The molecule has 0 radical (unpaired) electrons. The Kier molecular flexibility index (Phi) is 4.85. The van der Waals surface area contributed by atoms with Crippen LogP contribution < -0.4 is 9.64 Å². The van der Waals surface area contributed by atoms with Gasteiger partial charge in [-0.2, -0.15) is 0 Å². The maximum Gasteiger partial charge on any atom is 0.204 e. The zero-order chi connectivity index (χ0) is 21.2. The maximum atomic E-state index is 12.9. The Morgan fingerprint density at radius 2 is 1.26 bits per heavy atom. The van der Waals surface area contributed by atoms with Crippen molar-refractivity contribution in [1.29, 1.82) is 0 Å². The highest BCUT2D eigenvalue weighted by Crippen LogP contribution is 2.40. The molecule has 5 rings (SSSR count). The molecule has 0 saturated carbocycles. The van der Waals surface area contributed by atoms with Gasteiger partial charge in [-0.1, -0.05) is 91.0 Å². The smallest absolute Gasteiger partial charge is 0.204 e. The summed E-state index contributed by atoms with van der Waals surface area (Å²) in [5, 5.41) is 0. The predicted molar refractivity (Wildman–Crippen MR) is 125 cm³/mol. The minimum Gasteiger partial charge on any atom is -0.438 e. The van der Waals surface area contributed by atoms with Gasteiger partial charge in [0.25, 0.3) is 0 Å². The number of ketones is 1. The van der Waals surface area contributed by atoms with Gasteiger partial charge in [-0.15, -0.1) is 0 Å². The van der Waals surface area contributed by atoms with Gasteiger partial charge in [0.05, 0.1) is 5.69 Å². The average Bonchev–Trinajstić information content (AvgIpc) is 3.15. The number of nitrogens with zero attached hydrogens (tertiary/aromatic N) is 1. The van der Waals surface area contributed by atoms with Crippen LogP contribution in [0, 0.1) is 0 Å². The highest BCUT2D eigenvalue weighted by molar-refractivity contribution is 6.05. The number of carbonyl (C=O) groups excluding carboxylic acids is 1. The second-order valence-electron chi connectivity index (χ2n) is 7.50. The van der Waals surface area contributed by atoms with Crippen LogP contribution in [0.25, 0.3) is 22.3 Å². The van der Waals surface area contributed by atoms with Crippen LogP contribution in [-0.4, -0.2) is 12.8 Å². The lowest BCUT2D eigenvalue weighted by Crippen LogP contribution is -2.15. The zero-order valence-corrected chi connectivity index (χ0v) is 17.2.